The van der Waals surface area contributed by atoms with Crippen molar-refractivity contribution < 1.29 is 9.31 Å². The quantitative estimate of drug-likeness (QED) is 0.762. The summed E-state index contributed by atoms with van der Waals surface area (Å²) in [7, 11) is -0.291. The molecular weight excluding hydrogens is 341 g/mol. The van der Waals surface area contributed by atoms with Gasteiger partial charge in [0.1, 0.15) is 0 Å². The third kappa shape index (κ3) is 3.28. The number of benzene rings is 2. The molecule has 0 saturated carbocycles. The summed E-state index contributed by atoms with van der Waals surface area (Å²) in [6.07, 6.45) is 0. The Morgan fingerprint density at radius 3 is 2.31 bits per heavy atom. The third-order valence-electron chi connectivity index (χ3n) is 5.70. The van der Waals surface area contributed by atoms with Crippen LogP contribution in [0.15, 0.2) is 53.4 Å². The van der Waals surface area contributed by atoms with E-state index in [9.17, 15) is 0 Å². The molecule has 0 atom stereocenters. The van der Waals surface area contributed by atoms with Crippen molar-refractivity contribution in [2.24, 2.45) is 0 Å². The number of fused-ring (bicyclic) bond motifs is 1. The van der Waals surface area contributed by atoms with E-state index in [0.717, 1.165) is 24.3 Å². The van der Waals surface area contributed by atoms with Crippen LogP contribution in [0.3, 0.4) is 0 Å². The number of hydrogen-bond donors (Lipinski definition) is 0. The Morgan fingerprint density at radius 1 is 0.962 bits per heavy atom. The molecule has 26 heavy (non-hydrogen) atoms. The van der Waals surface area contributed by atoms with Gasteiger partial charge >= 0.3 is 7.12 Å². The van der Waals surface area contributed by atoms with Crippen LogP contribution in [0.2, 0.25) is 0 Å². The van der Waals surface area contributed by atoms with Gasteiger partial charge in [-0.3, -0.25) is 0 Å². The number of rotatable bonds is 3. The summed E-state index contributed by atoms with van der Waals surface area (Å²) in [6, 6.07) is 17.4. The van der Waals surface area contributed by atoms with Crippen LogP contribution in [-0.2, 0) is 15.9 Å². The standard InChI is InChI=1S/C21H26BNO2S/c1-20(2)21(3,4)25-22(24-20)17-11-9-16(10-12-17)15-23-13-14-26-19-8-6-5-7-18(19)23/h5-12H,13-15H2,1-4H3. The van der Waals surface area contributed by atoms with Crippen molar-refractivity contribution in [1.29, 1.82) is 0 Å². The monoisotopic (exact) mass is 367 g/mol. The van der Waals surface area contributed by atoms with Gasteiger partial charge in [-0.05, 0) is 50.9 Å². The average molecular weight is 367 g/mol. The molecule has 2 heterocycles. The minimum absolute atomic E-state index is 0.291. The molecular formula is C21H26BNO2S. The minimum Gasteiger partial charge on any atom is -0.399 e. The molecule has 0 unspecified atom stereocenters. The molecule has 2 aliphatic heterocycles. The number of para-hydroxylation sites is 1. The molecule has 5 heteroatoms. The van der Waals surface area contributed by atoms with E-state index in [1.165, 1.54) is 16.1 Å². The van der Waals surface area contributed by atoms with Gasteiger partial charge in [-0.15, -0.1) is 11.8 Å². The van der Waals surface area contributed by atoms with Crippen LogP contribution < -0.4 is 10.4 Å². The van der Waals surface area contributed by atoms with Crippen LogP contribution in [0.5, 0.6) is 0 Å². The molecule has 0 radical (unpaired) electrons. The zero-order valence-corrected chi connectivity index (χ0v) is 16.8. The van der Waals surface area contributed by atoms with Crippen LogP contribution >= 0.6 is 11.8 Å². The highest BCUT2D eigenvalue weighted by Crippen LogP contribution is 2.37. The normalized spacial score (nSPS) is 20.9. The lowest BCUT2D eigenvalue weighted by Gasteiger charge is -2.32. The second-order valence-corrected chi connectivity index (χ2v) is 9.20. The molecule has 2 aromatic rings. The molecule has 3 nitrogen and oxygen atoms in total. The van der Waals surface area contributed by atoms with Gasteiger partial charge in [0.05, 0.1) is 16.9 Å². The highest BCUT2D eigenvalue weighted by atomic mass is 32.2. The predicted octanol–water partition coefficient (Wildman–Crippen LogP) is 4.10. The molecule has 0 aromatic heterocycles. The van der Waals surface area contributed by atoms with Crippen molar-refractivity contribution in [2.45, 2.75) is 50.3 Å². The zero-order valence-electron chi connectivity index (χ0n) is 16.0. The highest BCUT2D eigenvalue weighted by Gasteiger charge is 2.51. The van der Waals surface area contributed by atoms with Gasteiger partial charge in [0.25, 0.3) is 0 Å². The van der Waals surface area contributed by atoms with Gasteiger partial charge in [-0.2, -0.15) is 0 Å². The summed E-state index contributed by atoms with van der Waals surface area (Å²) in [5.74, 6) is 1.14. The van der Waals surface area contributed by atoms with Crippen molar-refractivity contribution in [2.75, 3.05) is 17.2 Å². The number of hydrogen-bond acceptors (Lipinski definition) is 4. The van der Waals surface area contributed by atoms with E-state index in [4.69, 9.17) is 9.31 Å². The van der Waals surface area contributed by atoms with Gasteiger partial charge in [-0.1, -0.05) is 36.4 Å². The molecule has 0 spiro atoms. The first kappa shape index (κ1) is 18.0. The maximum atomic E-state index is 6.15. The molecule has 136 valence electrons. The molecule has 0 amide bonds. The number of nitrogens with zero attached hydrogens (tertiary/aromatic N) is 1. The summed E-state index contributed by atoms with van der Waals surface area (Å²) in [5.41, 5.74) is 3.14. The molecule has 2 aromatic carbocycles. The Kier molecular flexibility index (Phi) is 4.58. The molecule has 2 aliphatic rings. The number of anilines is 1. The van der Waals surface area contributed by atoms with Gasteiger partial charge < -0.3 is 14.2 Å². The van der Waals surface area contributed by atoms with Crippen LogP contribution in [0.1, 0.15) is 33.3 Å². The van der Waals surface area contributed by atoms with Crippen molar-refractivity contribution >= 4 is 30.0 Å². The maximum Gasteiger partial charge on any atom is 0.494 e. The summed E-state index contributed by atoms with van der Waals surface area (Å²) in [4.78, 5) is 3.85. The maximum absolute atomic E-state index is 6.15. The topological polar surface area (TPSA) is 21.7 Å². The van der Waals surface area contributed by atoms with E-state index < -0.39 is 0 Å². The fourth-order valence-electron chi connectivity index (χ4n) is 3.37. The van der Waals surface area contributed by atoms with E-state index in [0.29, 0.717) is 0 Å². The first-order valence-corrected chi connectivity index (χ1v) is 10.3. The smallest absolute Gasteiger partial charge is 0.399 e. The zero-order chi connectivity index (χ0) is 18.4. The SMILES string of the molecule is CC1(C)OB(c2ccc(CN3CCSc4ccccc43)cc2)OC1(C)C. The Bertz CT molecular complexity index is 775. The van der Waals surface area contributed by atoms with E-state index in [-0.39, 0.29) is 18.3 Å². The Hall–Kier alpha value is -1.43. The van der Waals surface area contributed by atoms with E-state index in [1.54, 1.807) is 0 Å². The van der Waals surface area contributed by atoms with Crippen molar-refractivity contribution in [3.8, 4) is 0 Å². The molecule has 4 rings (SSSR count). The molecule has 0 N–H and O–H groups in total. The Labute approximate surface area is 161 Å². The fourth-order valence-corrected chi connectivity index (χ4v) is 4.42. The van der Waals surface area contributed by atoms with Gasteiger partial charge in [0, 0.05) is 23.7 Å². The summed E-state index contributed by atoms with van der Waals surface area (Å²) in [5, 5.41) is 0. The predicted molar refractivity (Wildman–Crippen MR) is 110 cm³/mol. The summed E-state index contributed by atoms with van der Waals surface area (Å²) < 4.78 is 12.3. The third-order valence-corrected chi connectivity index (χ3v) is 6.75. The lowest BCUT2D eigenvalue weighted by molar-refractivity contribution is 0.00578. The van der Waals surface area contributed by atoms with Crippen molar-refractivity contribution in [3.05, 3.63) is 54.1 Å². The van der Waals surface area contributed by atoms with Crippen molar-refractivity contribution in [1.82, 2.24) is 0 Å². The van der Waals surface area contributed by atoms with Crippen LogP contribution in [0.4, 0.5) is 5.69 Å². The molecule has 0 bridgehead atoms. The largest absolute Gasteiger partial charge is 0.494 e. The Morgan fingerprint density at radius 2 is 1.62 bits per heavy atom. The second-order valence-electron chi connectivity index (χ2n) is 8.07. The van der Waals surface area contributed by atoms with Crippen LogP contribution in [0, 0.1) is 0 Å². The van der Waals surface area contributed by atoms with Crippen LogP contribution in [0.25, 0.3) is 0 Å². The first-order chi connectivity index (χ1) is 12.4. The Balaban J connectivity index is 1.48. The van der Waals surface area contributed by atoms with Gasteiger partial charge in [0.15, 0.2) is 0 Å². The van der Waals surface area contributed by atoms with Crippen LogP contribution in [-0.4, -0.2) is 30.6 Å². The van der Waals surface area contributed by atoms with E-state index in [1.807, 2.05) is 11.8 Å². The fraction of sp³-hybridized carbons (Fsp3) is 0.429. The van der Waals surface area contributed by atoms with E-state index >= 15 is 0 Å². The summed E-state index contributed by atoms with van der Waals surface area (Å²) in [6.45, 7) is 10.4. The molecule has 1 fully saturated rings. The second kappa shape index (κ2) is 6.63. The number of thioether (sulfide) groups is 1. The lowest BCUT2D eigenvalue weighted by Crippen LogP contribution is -2.41. The van der Waals surface area contributed by atoms with Gasteiger partial charge in [-0.25, -0.2) is 0 Å². The molecule has 0 aliphatic carbocycles. The van der Waals surface area contributed by atoms with E-state index in [2.05, 4.69) is 81.1 Å². The molecule has 1 saturated heterocycles. The highest BCUT2D eigenvalue weighted by molar-refractivity contribution is 7.99. The minimum atomic E-state index is -0.300. The van der Waals surface area contributed by atoms with Crippen molar-refractivity contribution in [3.63, 3.8) is 0 Å². The summed E-state index contributed by atoms with van der Waals surface area (Å²) >= 11 is 1.95. The average Bonchev–Trinajstić information content (AvgIpc) is 2.84. The first-order valence-electron chi connectivity index (χ1n) is 9.27. The van der Waals surface area contributed by atoms with Gasteiger partial charge in [0.2, 0.25) is 0 Å². The lowest BCUT2D eigenvalue weighted by atomic mass is 9.79.